The SMILES string of the molecule is Cc1ccc(-n2ncc3c2N(CC(=O)N(C)C)C(=O)N2CCN=C32)cc1. The Morgan fingerprint density at radius 2 is 1.96 bits per heavy atom. The first-order chi connectivity index (χ1) is 12.5. The lowest BCUT2D eigenvalue weighted by Crippen LogP contribution is -2.53. The molecule has 4 rings (SSSR count). The van der Waals surface area contributed by atoms with Gasteiger partial charge in [0.05, 0.1) is 24.0 Å². The molecule has 2 aliphatic rings. The second-order valence-corrected chi connectivity index (χ2v) is 6.64. The van der Waals surface area contributed by atoms with Crippen LogP contribution in [0.3, 0.4) is 0 Å². The van der Waals surface area contributed by atoms with E-state index in [1.807, 2.05) is 31.2 Å². The number of amides is 3. The van der Waals surface area contributed by atoms with Crippen LogP contribution < -0.4 is 4.90 Å². The van der Waals surface area contributed by atoms with Crippen molar-refractivity contribution < 1.29 is 9.59 Å². The Labute approximate surface area is 151 Å². The van der Waals surface area contributed by atoms with E-state index in [1.54, 1.807) is 29.9 Å². The van der Waals surface area contributed by atoms with Crippen molar-refractivity contribution in [1.82, 2.24) is 19.6 Å². The van der Waals surface area contributed by atoms with Crippen LogP contribution in [0.1, 0.15) is 11.1 Å². The summed E-state index contributed by atoms with van der Waals surface area (Å²) < 4.78 is 1.70. The summed E-state index contributed by atoms with van der Waals surface area (Å²) in [5, 5.41) is 4.49. The summed E-state index contributed by atoms with van der Waals surface area (Å²) in [6.45, 7) is 3.06. The van der Waals surface area contributed by atoms with Gasteiger partial charge in [0.1, 0.15) is 12.4 Å². The molecule has 1 aromatic carbocycles. The van der Waals surface area contributed by atoms with Crippen LogP contribution in [0, 0.1) is 6.92 Å². The van der Waals surface area contributed by atoms with Crippen molar-refractivity contribution in [2.24, 2.45) is 4.99 Å². The first-order valence-corrected chi connectivity index (χ1v) is 8.46. The second kappa shape index (κ2) is 5.98. The van der Waals surface area contributed by atoms with Gasteiger partial charge in [-0.2, -0.15) is 5.10 Å². The Morgan fingerprint density at radius 3 is 2.65 bits per heavy atom. The van der Waals surface area contributed by atoms with Crippen LogP contribution in [-0.4, -0.2) is 71.1 Å². The third-order valence-corrected chi connectivity index (χ3v) is 4.61. The molecule has 0 unspecified atom stereocenters. The third-order valence-electron chi connectivity index (χ3n) is 4.61. The standard InChI is InChI=1S/C18H20N6O2/c1-12-4-6-13(7-5-12)24-17-14(10-20-24)16-19-8-9-22(16)18(26)23(17)11-15(25)21(2)3/h4-7,10H,8-9,11H2,1-3H3. The Bertz CT molecular complexity index is 912. The van der Waals surface area contributed by atoms with Crippen LogP contribution in [-0.2, 0) is 4.79 Å². The molecule has 2 aliphatic heterocycles. The lowest BCUT2D eigenvalue weighted by atomic mass is 10.2. The van der Waals surface area contributed by atoms with Gasteiger partial charge in [0, 0.05) is 20.6 Å². The number of rotatable bonds is 3. The minimum Gasteiger partial charge on any atom is -0.347 e. The normalized spacial score (nSPS) is 15.7. The molecular formula is C18H20N6O2. The average Bonchev–Trinajstić information content (AvgIpc) is 3.25. The number of nitrogens with zero attached hydrogens (tertiary/aromatic N) is 6. The molecule has 134 valence electrons. The first-order valence-electron chi connectivity index (χ1n) is 8.46. The Morgan fingerprint density at radius 1 is 1.23 bits per heavy atom. The molecular weight excluding hydrogens is 332 g/mol. The molecule has 8 heteroatoms. The summed E-state index contributed by atoms with van der Waals surface area (Å²) in [4.78, 5) is 34.4. The molecule has 0 saturated carbocycles. The van der Waals surface area contributed by atoms with Crippen molar-refractivity contribution in [2.75, 3.05) is 38.6 Å². The van der Waals surface area contributed by atoms with E-state index in [1.165, 1.54) is 9.80 Å². The Hall–Kier alpha value is -3.16. The first kappa shape index (κ1) is 16.3. The van der Waals surface area contributed by atoms with Crippen LogP contribution in [0.15, 0.2) is 35.5 Å². The van der Waals surface area contributed by atoms with Crippen molar-refractivity contribution in [3.63, 3.8) is 0 Å². The minimum absolute atomic E-state index is 0.0415. The number of urea groups is 1. The molecule has 3 heterocycles. The fraction of sp³-hybridized carbons (Fsp3) is 0.333. The molecule has 0 aliphatic carbocycles. The van der Waals surface area contributed by atoms with Gasteiger partial charge in [0.2, 0.25) is 5.91 Å². The van der Waals surface area contributed by atoms with E-state index < -0.39 is 0 Å². The molecule has 3 amide bonds. The fourth-order valence-corrected chi connectivity index (χ4v) is 3.15. The monoisotopic (exact) mass is 352 g/mol. The number of amidine groups is 1. The summed E-state index contributed by atoms with van der Waals surface area (Å²) in [5.41, 5.74) is 2.74. The van der Waals surface area contributed by atoms with E-state index >= 15 is 0 Å². The topological polar surface area (TPSA) is 74.0 Å². The van der Waals surface area contributed by atoms with Gasteiger partial charge in [-0.05, 0) is 19.1 Å². The van der Waals surface area contributed by atoms with Crippen LogP contribution in [0.4, 0.5) is 10.6 Å². The predicted molar refractivity (Wildman–Crippen MR) is 97.8 cm³/mol. The molecule has 0 saturated heterocycles. The van der Waals surface area contributed by atoms with Crippen LogP contribution in [0.5, 0.6) is 0 Å². The number of aromatic nitrogens is 2. The van der Waals surface area contributed by atoms with Gasteiger partial charge < -0.3 is 4.90 Å². The lowest BCUT2D eigenvalue weighted by Gasteiger charge is -2.34. The summed E-state index contributed by atoms with van der Waals surface area (Å²) >= 11 is 0. The number of carbonyl (C=O) groups excluding carboxylic acids is 2. The maximum absolute atomic E-state index is 13.0. The average molecular weight is 352 g/mol. The zero-order valence-corrected chi connectivity index (χ0v) is 15.0. The van der Waals surface area contributed by atoms with Gasteiger partial charge in [-0.3, -0.25) is 19.6 Å². The van der Waals surface area contributed by atoms with E-state index in [9.17, 15) is 9.59 Å². The van der Waals surface area contributed by atoms with Crippen molar-refractivity contribution in [1.29, 1.82) is 0 Å². The number of carbonyl (C=O) groups is 2. The number of likely N-dealkylation sites (N-methyl/N-ethyl adjacent to an activating group) is 1. The van der Waals surface area contributed by atoms with Crippen molar-refractivity contribution in [3.05, 3.63) is 41.6 Å². The molecule has 0 fully saturated rings. The molecule has 0 radical (unpaired) electrons. The second-order valence-electron chi connectivity index (χ2n) is 6.64. The van der Waals surface area contributed by atoms with Gasteiger partial charge in [-0.15, -0.1) is 0 Å². The van der Waals surface area contributed by atoms with Crippen LogP contribution in [0.25, 0.3) is 5.69 Å². The minimum atomic E-state index is -0.238. The van der Waals surface area contributed by atoms with Gasteiger partial charge in [0.15, 0.2) is 5.82 Å². The maximum Gasteiger partial charge on any atom is 0.331 e. The molecule has 0 bridgehead atoms. The zero-order valence-electron chi connectivity index (χ0n) is 15.0. The van der Waals surface area contributed by atoms with Crippen LogP contribution >= 0.6 is 0 Å². The Kier molecular flexibility index (Phi) is 3.75. The molecule has 1 aromatic heterocycles. The highest BCUT2D eigenvalue weighted by atomic mass is 16.2. The number of benzene rings is 1. The molecule has 2 aromatic rings. The quantitative estimate of drug-likeness (QED) is 0.835. The number of aliphatic imine (C=N–C) groups is 1. The molecule has 0 spiro atoms. The van der Waals surface area contributed by atoms with E-state index in [2.05, 4.69) is 10.1 Å². The number of fused-ring (bicyclic) bond motifs is 3. The zero-order chi connectivity index (χ0) is 18.4. The summed E-state index contributed by atoms with van der Waals surface area (Å²) in [6, 6.07) is 7.63. The highest BCUT2D eigenvalue weighted by Gasteiger charge is 2.41. The van der Waals surface area contributed by atoms with E-state index in [0.717, 1.165) is 16.8 Å². The smallest absolute Gasteiger partial charge is 0.331 e. The van der Waals surface area contributed by atoms with Crippen molar-refractivity contribution in [2.45, 2.75) is 6.92 Å². The highest BCUT2D eigenvalue weighted by molar-refractivity contribution is 6.20. The largest absolute Gasteiger partial charge is 0.347 e. The van der Waals surface area contributed by atoms with Gasteiger partial charge in [-0.25, -0.2) is 9.48 Å². The van der Waals surface area contributed by atoms with Crippen molar-refractivity contribution in [3.8, 4) is 5.69 Å². The van der Waals surface area contributed by atoms with E-state index in [4.69, 9.17) is 0 Å². The van der Waals surface area contributed by atoms with Crippen molar-refractivity contribution >= 4 is 23.6 Å². The third kappa shape index (κ3) is 2.45. The van der Waals surface area contributed by atoms with Gasteiger partial charge in [-0.1, -0.05) is 17.7 Å². The molecule has 0 atom stereocenters. The van der Waals surface area contributed by atoms with Gasteiger partial charge in [0.25, 0.3) is 0 Å². The van der Waals surface area contributed by atoms with Gasteiger partial charge >= 0.3 is 6.03 Å². The molecule has 0 N–H and O–H groups in total. The maximum atomic E-state index is 13.0. The predicted octanol–water partition coefficient (Wildman–Crippen LogP) is 1.27. The molecule has 26 heavy (non-hydrogen) atoms. The van der Waals surface area contributed by atoms with E-state index in [-0.39, 0.29) is 18.5 Å². The number of aryl methyl sites for hydroxylation is 1. The number of hydrogen-bond donors (Lipinski definition) is 0. The lowest BCUT2D eigenvalue weighted by molar-refractivity contribution is -0.127. The number of hydrogen-bond acceptors (Lipinski definition) is 4. The Balaban J connectivity index is 1.85. The van der Waals surface area contributed by atoms with E-state index in [0.29, 0.717) is 24.7 Å². The fourth-order valence-electron chi connectivity index (χ4n) is 3.15. The highest BCUT2D eigenvalue weighted by Crippen LogP contribution is 2.32. The number of anilines is 1. The summed E-state index contributed by atoms with van der Waals surface area (Å²) in [7, 11) is 3.36. The van der Waals surface area contributed by atoms with Crippen LogP contribution in [0.2, 0.25) is 0 Å². The summed E-state index contributed by atoms with van der Waals surface area (Å²) in [6.07, 6.45) is 1.71. The molecule has 8 nitrogen and oxygen atoms in total. The summed E-state index contributed by atoms with van der Waals surface area (Å²) in [5.74, 6) is 1.07.